The number of ether oxygens (including phenoxy) is 1. The van der Waals surface area contributed by atoms with Crippen LogP contribution in [0.25, 0.3) is 0 Å². The minimum Gasteiger partial charge on any atom is -0.457 e. The molecule has 0 amide bonds. The van der Waals surface area contributed by atoms with Crippen molar-refractivity contribution in [3.05, 3.63) is 57.7 Å². The van der Waals surface area contributed by atoms with Gasteiger partial charge in [-0.2, -0.15) is 0 Å². The van der Waals surface area contributed by atoms with Crippen molar-refractivity contribution in [1.29, 1.82) is 0 Å². The van der Waals surface area contributed by atoms with Crippen LogP contribution in [0.1, 0.15) is 38.3 Å². The number of halogens is 1. The molecule has 21 heavy (non-hydrogen) atoms. The number of hydrogen-bond donors (Lipinski definition) is 1. The lowest BCUT2D eigenvalue weighted by Gasteiger charge is -2.20. The van der Waals surface area contributed by atoms with Crippen molar-refractivity contribution in [2.24, 2.45) is 0 Å². The average molecular weight is 395 g/mol. The summed E-state index contributed by atoms with van der Waals surface area (Å²) in [6.45, 7) is 5.42. The normalized spacial score (nSPS) is 12.1. The maximum Gasteiger partial charge on any atom is 0.132 e. The second-order valence-electron chi connectivity index (χ2n) is 5.01. The Hall–Kier alpha value is -1.07. The van der Waals surface area contributed by atoms with Gasteiger partial charge in [0, 0.05) is 15.2 Å². The SMILES string of the molecule is CCCNC(CC)c1ccccc1Oc1ccc(I)cc1. The molecule has 0 aliphatic rings. The first-order valence-electron chi connectivity index (χ1n) is 7.50. The maximum atomic E-state index is 6.08. The monoisotopic (exact) mass is 395 g/mol. The molecule has 2 aromatic rings. The first kappa shape index (κ1) is 16.3. The van der Waals surface area contributed by atoms with Gasteiger partial charge >= 0.3 is 0 Å². The van der Waals surface area contributed by atoms with Crippen LogP contribution in [0.15, 0.2) is 48.5 Å². The summed E-state index contributed by atoms with van der Waals surface area (Å²) in [7, 11) is 0. The third kappa shape index (κ3) is 4.71. The van der Waals surface area contributed by atoms with Crippen molar-refractivity contribution >= 4 is 22.6 Å². The third-order valence-corrected chi connectivity index (χ3v) is 4.10. The van der Waals surface area contributed by atoms with Gasteiger partial charge in [-0.1, -0.05) is 32.0 Å². The van der Waals surface area contributed by atoms with Crippen LogP contribution in [0, 0.1) is 3.57 Å². The zero-order valence-corrected chi connectivity index (χ0v) is 14.8. The van der Waals surface area contributed by atoms with E-state index in [4.69, 9.17) is 4.74 Å². The Kier molecular flexibility index (Phi) is 6.51. The molecule has 0 aliphatic carbocycles. The standard InChI is InChI=1S/C18H22INO/c1-3-13-20-17(4-2)16-7-5-6-8-18(16)21-15-11-9-14(19)10-12-15/h5-12,17,20H,3-4,13H2,1-2H3. The molecule has 0 aliphatic heterocycles. The van der Waals surface area contributed by atoms with Crippen molar-refractivity contribution in [1.82, 2.24) is 5.32 Å². The van der Waals surface area contributed by atoms with E-state index in [-0.39, 0.29) is 0 Å². The Morgan fingerprint density at radius 2 is 1.76 bits per heavy atom. The molecule has 2 rings (SSSR count). The highest BCUT2D eigenvalue weighted by atomic mass is 127. The van der Waals surface area contributed by atoms with E-state index in [0.717, 1.165) is 30.9 Å². The third-order valence-electron chi connectivity index (χ3n) is 3.38. The van der Waals surface area contributed by atoms with E-state index in [9.17, 15) is 0 Å². The van der Waals surface area contributed by atoms with E-state index in [1.807, 2.05) is 24.3 Å². The van der Waals surface area contributed by atoms with Crippen LogP contribution < -0.4 is 10.1 Å². The number of benzene rings is 2. The Morgan fingerprint density at radius 3 is 2.43 bits per heavy atom. The lowest BCUT2D eigenvalue weighted by Crippen LogP contribution is -2.21. The van der Waals surface area contributed by atoms with E-state index in [0.29, 0.717) is 6.04 Å². The lowest BCUT2D eigenvalue weighted by molar-refractivity contribution is 0.449. The minimum atomic E-state index is 0.338. The summed E-state index contributed by atoms with van der Waals surface area (Å²) in [6, 6.07) is 16.8. The van der Waals surface area contributed by atoms with Gasteiger partial charge in [0.05, 0.1) is 0 Å². The van der Waals surface area contributed by atoms with Gasteiger partial charge in [-0.15, -0.1) is 0 Å². The Balaban J connectivity index is 2.21. The Labute approximate surface area is 141 Å². The minimum absolute atomic E-state index is 0.338. The van der Waals surface area contributed by atoms with E-state index in [1.54, 1.807) is 0 Å². The molecule has 0 saturated carbocycles. The second-order valence-corrected chi connectivity index (χ2v) is 6.25. The summed E-state index contributed by atoms with van der Waals surface area (Å²) in [5.41, 5.74) is 1.23. The highest BCUT2D eigenvalue weighted by Gasteiger charge is 2.13. The number of rotatable bonds is 7. The molecule has 0 heterocycles. The second kappa shape index (κ2) is 8.39. The lowest BCUT2D eigenvalue weighted by atomic mass is 10.0. The van der Waals surface area contributed by atoms with Crippen molar-refractivity contribution < 1.29 is 4.74 Å². The molecule has 0 fully saturated rings. The van der Waals surface area contributed by atoms with Crippen LogP contribution in [-0.2, 0) is 0 Å². The fourth-order valence-corrected chi connectivity index (χ4v) is 2.64. The summed E-state index contributed by atoms with van der Waals surface area (Å²) >= 11 is 2.30. The zero-order chi connectivity index (χ0) is 15.1. The highest BCUT2D eigenvalue weighted by Crippen LogP contribution is 2.31. The molecule has 112 valence electrons. The average Bonchev–Trinajstić information content (AvgIpc) is 2.52. The molecule has 0 bridgehead atoms. The van der Waals surface area contributed by atoms with Crippen LogP contribution >= 0.6 is 22.6 Å². The van der Waals surface area contributed by atoms with Crippen LogP contribution in [0.4, 0.5) is 0 Å². The zero-order valence-electron chi connectivity index (χ0n) is 12.6. The fraction of sp³-hybridized carbons (Fsp3) is 0.333. The summed E-state index contributed by atoms with van der Waals surface area (Å²) in [5, 5.41) is 3.59. The van der Waals surface area contributed by atoms with Crippen molar-refractivity contribution in [2.75, 3.05) is 6.54 Å². The summed E-state index contributed by atoms with van der Waals surface area (Å²) in [4.78, 5) is 0. The Morgan fingerprint density at radius 1 is 1.05 bits per heavy atom. The van der Waals surface area contributed by atoms with Crippen LogP contribution in [0.2, 0.25) is 0 Å². The predicted molar refractivity (Wildman–Crippen MR) is 97.0 cm³/mol. The van der Waals surface area contributed by atoms with Crippen LogP contribution in [0.5, 0.6) is 11.5 Å². The van der Waals surface area contributed by atoms with Crippen molar-refractivity contribution in [3.63, 3.8) is 0 Å². The van der Waals surface area contributed by atoms with Crippen molar-refractivity contribution in [3.8, 4) is 11.5 Å². The molecule has 1 N–H and O–H groups in total. The molecule has 0 radical (unpaired) electrons. The van der Waals surface area contributed by atoms with E-state index in [1.165, 1.54) is 9.13 Å². The summed E-state index contributed by atoms with van der Waals surface area (Å²) < 4.78 is 7.30. The smallest absolute Gasteiger partial charge is 0.132 e. The molecular weight excluding hydrogens is 373 g/mol. The molecule has 0 aromatic heterocycles. The van der Waals surface area contributed by atoms with Gasteiger partial charge in [-0.25, -0.2) is 0 Å². The molecule has 0 spiro atoms. The van der Waals surface area contributed by atoms with Gasteiger partial charge in [0.25, 0.3) is 0 Å². The summed E-state index contributed by atoms with van der Waals surface area (Å²) in [6.07, 6.45) is 2.18. The molecular formula is C18H22INO. The molecule has 2 aromatic carbocycles. The van der Waals surface area contributed by atoms with Gasteiger partial charge in [-0.3, -0.25) is 0 Å². The molecule has 1 atom stereocenters. The van der Waals surface area contributed by atoms with E-state index in [2.05, 4.69) is 66.0 Å². The largest absolute Gasteiger partial charge is 0.457 e. The molecule has 3 heteroatoms. The van der Waals surface area contributed by atoms with Crippen LogP contribution in [-0.4, -0.2) is 6.54 Å². The number of nitrogens with one attached hydrogen (secondary N) is 1. The van der Waals surface area contributed by atoms with E-state index < -0.39 is 0 Å². The van der Waals surface area contributed by atoms with Gasteiger partial charge in [0.2, 0.25) is 0 Å². The van der Waals surface area contributed by atoms with E-state index >= 15 is 0 Å². The molecule has 2 nitrogen and oxygen atoms in total. The fourth-order valence-electron chi connectivity index (χ4n) is 2.28. The maximum absolute atomic E-state index is 6.08. The van der Waals surface area contributed by atoms with Crippen LogP contribution in [0.3, 0.4) is 0 Å². The topological polar surface area (TPSA) is 21.3 Å². The number of hydrogen-bond acceptors (Lipinski definition) is 2. The van der Waals surface area contributed by atoms with Gasteiger partial charge in [-0.05, 0) is 72.3 Å². The highest BCUT2D eigenvalue weighted by molar-refractivity contribution is 14.1. The first-order chi connectivity index (χ1) is 10.2. The first-order valence-corrected chi connectivity index (χ1v) is 8.58. The number of para-hydroxylation sites is 1. The van der Waals surface area contributed by atoms with Gasteiger partial charge < -0.3 is 10.1 Å². The van der Waals surface area contributed by atoms with Gasteiger partial charge in [0.1, 0.15) is 11.5 Å². The Bertz CT molecular complexity index is 553. The quantitative estimate of drug-likeness (QED) is 0.622. The molecule has 0 saturated heterocycles. The molecule has 1 unspecified atom stereocenters. The van der Waals surface area contributed by atoms with Crippen molar-refractivity contribution in [2.45, 2.75) is 32.7 Å². The predicted octanol–water partition coefficient (Wildman–Crippen LogP) is 5.53. The summed E-state index contributed by atoms with van der Waals surface area (Å²) in [5.74, 6) is 1.82. The van der Waals surface area contributed by atoms with Gasteiger partial charge in [0.15, 0.2) is 0 Å².